The number of ether oxygens (including phenoxy) is 1. The van der Waals surface area contributed by atoms with Crippen molar-refractivity contribution in [1.82, 2.24) is 0 Å². The topological polar surface area (TPSA) is 35.2 Å². The molecule has 0 aliphatic carbocycles. The number of benzene rings is 1. The highest BCUT2D eigenvalue weighted by molar-refractivity contribution is 5.30. The highest BCUT2D eigenvalue weighted by atomic mass is 19.1. The minimum absolute atomic E-state index is 0.297. The molecule has 0 saturated carbocycles. The van der Waals surface area contributed by atoms with Crippen LogP contribution in [-0.4, -0.2) is 6.61 Å². The molecular weight excluding hydrogens is 193 g/mol. The first-order chi connectivity index (χ1) is 7.15. The van der Waals surface area contributed by atoms with Gasteiger partial charge in [0.1, 0.15) is 18.2 Å². The van der Waals surface area contributed by atoms with Crippen molar-refractivity contribution in [3.8, 4) is 5.75 Å². The Kier molecular flexibility index (Phi) is 4.31. The second-order valence-corrected chi connectivity index (χ2v) is 3.35. The van der Waals surface area contributed by atoms with Gasteiger partial charge in [-0.1, -0.05) is 18.2 Å². The lowest BCUT2D eigenvalue weighted by atomic mass is 10.1. The lowest BCUT2D eigenvalue weighted by Gasteiger charge is -2.09. The number of hydrogen-bond donors (Lipinski definition) is 1. The van der Waals surface area contributed by atoms with Gasteiger partial charge in [0.2, 0.25) is 0 Å². The molecule has 0 heterocycles. The van der Waals surface area contributed by atoms with E-state index in [2.05, 4.69) is 0 Å². The van der Waals surface area contributed by atoms with Crippen LogP contribution >= 0.6 is 0 Å². The zero-order chi connectivity index (χ0) is 11.3. The van der Waals surface area contributed by atoms with Crippen molar-refractivity contribution in [3.05, 3.63) is 41.7 Å². The summed E-state index contributed by atoms with van der Waals surface area (Å²) in [5.41, 5.74) is 6.10. The average Bonchev–Trinajstić information content (AvgIpc) is 2.17. The summed E-state index contributed by atoms with van der Waals surface area (Å²) in [6.45, 7) is 4.11. The number of halogens is 1. The first-order valence-electron chi connectivity index (χ1n) is 4.94. The number of nitrogens with two attached hydrogens (primary N) is 1. The van der Waals surface area contributed by atoms with Gasteiger partial charge in [-0.25, -0.2) is 4.39 Å². The van der Waals surface area contributed by atoms with E-state index >= 15 is 0 Å². The fourth-order valence-electron chi connectivity index (χ4n) is 1.21. The third kappa shape index (κ3) is 3.36. The summed E-state index contributed by atoms with van der Waals surface area (Å²) in [5.74, 6) is 0.206. The second-order valence-electron chi connectivity index (χ2n) is 3.35. The molecule has 1 rings (SSSR count). The molecule has 0 spiro atoms. The van der Waals surface area contributed by atoms with Crippen LogP contribution < -0.4 is 10.5 Å². The van der Waals surface area contributed by atoms with E-state index < -0.39 is 0 Å². The van der Waals surface area contributed by atoms with Gasteiger partial charge in [-0.2, -0.15) is 0 Å². The van der Waals surface area contributed by atoms with Gasteiger partial charge in [-0.15, -0.1) is 0 Å². The van der Waals surface area contributed by atoms with Crippen molar-refractivity contribution in [2.24, 2.45) is 5.73 Å². The predicted octanol–water partition coefficient (Wildman–Crippen LogP) is 2.80. The molecule has 1 aromatic rings. The summed E-state index contributed by atoms with van der Waals surface area (Å²) in [5, 5.41) is 0. The van der Waals surface area contributed by atoms with Gasteiger partial charge in [0, 0.05) is 17.7 Å². The molecule has 1 atom stereocenters. The standard InChI is InChI=1S/C12H16FNO/c1-3-4-7-15-10-5-6-11(9(2)14)12(13)8-10/h3-6,8-9H,7,14H2,1-2H3/b4-3+. The van der Waals surface area contributed by atoms with E-state index in [1.807, 2.05) is 19.1 Å². The molecule has 2 nitrogen and oxygen atoms in total. The monoisotopic (exact) mass is 209 g/mol. The minimum atomic E-state index is -0.317. The van der Waals surface area contributed by atoms with Crippen LogP contribution in [0.2, 0.25) is 0 Å². The van der Waals surface area contributed by atoms with Crippen LogP contribution in [0, 0.1) is 5.82 Å². The van der Waals surface area contributed by atoms with E-state index in [-0.39, 0.29) is 11.9 Å². The Hall–Kier alpha value is -1.35. The highest BCUT2D eigenvalue weighted by Gasteiger charge is 2.07. The maximum atomic E-state index is 13.4. The zero-order valence-electron chi connectivity index (χ0n) is 9.03. The molecule has 82 valence electrons. The maximum Gasteiger partial charge on any atom is 0.131 e. The number of allylic oxidation sites excluding steroid dienone is 1. The molecule has 0 saturated heterocycles. The third-order valence-electron chi connectivity index (χ3n) is 2.04. The third-order valence-corrected chi connectivity index (χ3v) is 2.04. The Morgan fingerprint density at radius 3 is 2.80 bits per heavy atom. The summed E-state index contributed by atoms with van der Waals surface area (Å²) in [6, 6.07) is 4.45. The summed E-state index contributed by atoms with van der Waals surface area (Å²) < 4.78 is 18.7. The molecular formula is C12H16FNO. The molecule has 3 heteroatoms. The van der Waals surface area contributed by atoms with Crippen LogP contribution in [0.25, 0.3) is 0 Å². The van der Waals surface area contributed by atoms with Crippen molar-refractivity contribution in [2.45, 2.75) is 19.9 Å². The largest absolute Gasteiger partial charge is 0.489 e. The molecule has 0 aromatic heterocycles. The number of rotatable bonds is 4. The Balaban J connectivity index is 2.73. The smallest absolute Gasteiger partial charge is 0.131 e. The Labute approximate surface area is 89.6 Å². The van der Waals surface area contributed by atoms with Gasteiger partial charge >= 0.3 is 0 Å². The highest BCUT2D eigenvalue weighted by Crippen LogP contribution is 2.20. The molecule has 0 aliphatic rings. The predicted molar refractivity (Wildman–Crippen MR) is 59.3 cm³/mol. The van der Waals surface area contributed by atoms with Gasteiger partial charge in [-0.3, -0.25) is 0 Å². The molecule has 0 aliphatic heterocycles. The molecule has 0 bridgehead atoms. The van der Waals surface area contributed by atoms with E-state index in [0.717, 1.165) is 0 Å². The minimum Gasteiger partial charge on any atom is -0.489 e. The van der Waals surface area contributed by atoms with Gasteiger partial charge in [0.15, 0.2) is 0 Å². The quantitative estimate of drug-likeness (QED) is 0.774. The van der Waals surface area contributed by atoms with Crippen molar-refractivity contribution >= 4 is 0 Å². The van der Waals surface area contributed by atoms with Crippen molar-refractivity contribution in [2.75, 3.05) is 6.61 Å². The molecule has 0 radical (unpaired) electrons. The van der Waals surface area contributed by atoms with Gasteiger partial charge in [0.25, 0.3) is 0 Å². The van der Waals surface area contributed by atoms with Crippen LogP contribution in [-0.2, 0) is 0 Å². The summed E-state index contributed by atoms with van der Waals surface area (Å²) >= 11 is 0. The van der Waals surface area contributed by atoms with E-state index in [9.17, 15) is 4.39 Å². The van der Waals surface area contributed by atoms with E-state index in [1.54, 1.807) is 19.1 Å². The first-order valence-corrected chi connectivity index (χ1v) is 4.94. The molecule has 15 heavy (non-hydrogen) atoms. The number of hydrogen-bond acceptors (Lipinski definition) is 2. The average molecular weight is 209 g/mol. The van der Waals surface area contributed by atoms with Crippen molar-refractivity contribution in [1.29, 1.82) is 0 Å². The normalized spacial score (nSPS) is 13.1. The van der Waals surface area contributed by atoms with Crippen LogP contribution in [0.15, 0.2) is 30.4 Å². The Bertz CT molecular complexity index is 347. The molecule has 0 amide bonds. The van der Waals surface area contributed by atoms with Gasteiger partial charge in [0.05, 0.1) is 0 Å². The maximum absolute atomic E-state index is 13.4. The molecule has 0 fully saturated rings. The van der Waals surface area contributed by atoms with Crippen molar-refractivity contribution < 1.29 is 9.13 Å². The lowest BCUT2D eigenvalue weighted by molar-refractivity contribution is 0.360. The first kappa shape index (κ1) is 11.7. The van der Waals surface area contributed by atoms with E-state index in [0.29, 0.717) is 17.9 Å². The van der Waals surface area contributed by atoms with Crippen LogP contribution in [0.5, 0.6) is 5.75 Å². The van der Waals surface area contributed by atoms with E-state index in [4.69, 9.17) is 10.5 Å². The van der Waals surface area contributed by atoms with Gasteiger partial charge < -0.3 is 10.5 Å². The SMILES string of the molecule is C/C=C/COc1ccc(C(C)N)c(F)c1. The fraction of sp³-hybridized carbons (Fsp3) is 0.333. The van der Waals surface area contributed by atoms with Crippen LogP contribution in [0.1, 0.15) is 25.5 Å². The Morgan fingerprint density at radius 1 is 1.53 bits per heavy atom. The zero-order valence-corrected chi connectivity index (χ0v) is 9.03. The molecule has 1 unspecified atom stereocenters. The summed E-state index contributed by atoms with van der Waals surface area (Å²) in [4.78, 5) is 0. The van der Waals surface area contributed by atoms with E-state index in [1.165, 1.54) is 6.07 Å². The Morgan fingerprint density at radius 2 is 2.27 bits per heavy atom. The second kappa shape index (κ2) is 5.51. The molecule has 1 aromatic carbocycles. The van der Waals surface area contributed by atoms with Crippen LogP contribution in [0.4, 0.5) is 4.39 Å². The summed E-state index contributed by atoms with van der Waals surface area (Å²) in [7, 11) is 0. The van der Waals surface area contributed by atoms with Crippen molar-refractivity contribution in [3.63, 3.8) is 0 Å². The van der Waals surface area contributed by atoms with Gasteiger partial charge in [-0.05, 0) is 19.9 Å². The molecule has 2 N–H and O–H groups in total. The fourth-order valence-corrected chi connectivity index (χ4v) is 1.21. The summed E-state index contributed by atoms with van der Waals surface area (Å²) in [6.07, 6.45) is 3.74. The van der Waals surface area contributed by atoms with Crippen LogP contribution in [0.3, 0.4) is 0 Å². The lowest BCUT2D eigenvalue weighted by Crippen LogP contribution is -2.07.